The van der Waals surface area contributed by atoms with Crippen LogP contribution in [0.3, 0.4) is 0 Å². The number of fused-ring (bicyclic) bond motifs is 2. The van der Waals surface area contributed by atoms with Crippen LogP contribution in [0.2, 0.25) is 0 Å². The highest BCUT2D eigenvalue weighted by Crippen LogP contribution is 2.41. The number of carbonyl (C=O) groups is 1. The van der Waals surface area contributed by atoms with Crippen molar-refractivity contribution >= 4 is 17.0 Å². The molecule has 6 heteroatoms. The molecule has 1 aliphatic heterocycles. The van der Waals surface area contributed by atoms with E-state index in [0.717, 1.165) is 60.9 Å². The molecule has 0 bridgehead atoms. The van der Waals surface area contributed by atoms with Crippen molar-refractivity contribution in [3.8, 4) is 0 Å². The molecule has 2 saturated carbocycles. The third-order valence-corrected chi connectivity index (χ3v) is 6.24. The van der Waals surface area contributed by atoms with E-state index in [-0.39, 0.29) is 18.1 Å². The Labute approximate surface area is 159 Å². The van der Waals surface area contributed by atoms with Crippen LogP contribution in [0.25, 0.3) is 11.1 Å². The second kappa shape index (κ2) is 6.89. The van der Waals surface area contributed by atoms with E-state index in [1.165, 1.54) is 12.8 Å². The Morgan fingerprint density at radius 2 is 2.11 bits per heavy atom. The van der Waals surface area contributed by atoms with Gasteiger partial charge in [0.05, 0.1) is 35.4 Å². The quantitative estimate of drug-likeness (QED) is 0.819. The van der Waals surface area contributed by atoms with E-state index < -0.39 is 0 Å². The smallest absolute Gasteiger partial charge is 0.259 e. The molecule has 1 amide bonds. The van der Waals surface area contributed by atoms with E-state index in [2.05, 4.69) is 22.0 Å². The van der Waals surface area contributed by atoms with Crippen molar-refractivity contribution in [1.29, 1.82) is 0 Å². The van der Waals surface area contributed by atoms with Crippen LogP contribution in [0.5, 0.6) is 0 Å². The van der Waals surface area contributed by atoms with E-state index in [1.807, 2.05) is 6.07 Å². The zero-order chi connectivity index (χ0) is 18.4. The van der Waals surface area contributed by atoms with Crippen molar-refractivity contribution in [2.45, 2.75) is 76.4 Å². The van der Waals surface area contributed by atoms with Gasteiger partial charge in [-0.25, -0.2) is 4.98 Å². The molecule has 6 nitrogen and oxygen atoms in total. The largest absolute Gasteiger partial charge is 0.374 e. The van der Waals surface area contributed by atoms with Gasteiger partial charge in [0.25, 0.3) is 11.6 Å². The van der Waals surface area contributed by atoms with Crippen LogP contribution in [0.1, 0.15) is 79.5 Å². The number of hydrogen-bond donors (Lipinski definition) is 0. The number of ether oxygens (including phenoxy) is 1. The molecule has 3 heterocycles. The zero-order valence-electron chi connectivity index (χ0n) is 15.9. The average Bonchev–Trinajstić information content (AvgIpc) is 3.48. The minimum Gasteiger partial charge on any atom is -0.374 e. The molecule has 27 heavy (non-hydrogen) atoms. The molecule has 2 aromatic heterocycles. The Kier molecular flexibility index (Phi) is 4.38. The van der Waals surface area contributed by atoms with Crippen molar-refractivity contribution in [3.63, 3.8) is 0 Å². The normalized spacial score (nSPS) is 25.6. The fraction of sp³-hybridized carbons (Fsp3) is 0.667. The molecule has 3 fully saturated rings. The van der Waals surface area contributed by atoms with E-state index >= 15 is 0 Å². The Morgan fingerprint density at radius 3 is 2.93 bits per heavy atom. The number of rotatable bonds is 4. The third-order valence-electron chi connectivity index (χ3n) is 6.24. The monoisotopic (exact) mass is 369 g/mol. The first kappa shape index (κ1) is 17.2. The molecule has 2 atom stereocenters. The van der Waals surface area contributed by atoms with Gasteiger partial charge >= 0.3 is 0 Å². The molecule has 2 aliphatic carbocycles. The van der Waals surface area contributed by atoms with Gasteiger partial charge < -0.3 is 14.2 Å². The average molecular weight is 369 g/mol. The van der Waals surface area contributed by atoms with Crippen LogP contribution in [0, 0.1) is 0 Å². The molecule has 0 unspecified atom stereocenters. The van der Waals surface area contributed by atoms with Gasteiger partial charge in [-0.1, -0.05) is 31.3 Å². The summed E-state index contributed by atoms with van der Waals surface area (Å²) in [5.41, 5.74) is 3.11. The Hall–Kier alpha value is -1.95. The summed E-state index contributed by atoms with van der Waals surface area (Å²) < 4.78 is 11.5. The summed E-state index contributed by atoms with van der Waals surface area (Å²) in [6, 6.07) is 2.22. The maximum absolute atomic E-state index is 13.7. The molecule has 2 aromatic rings. The lowest BCUT2D eigenvalue weighted by molar-refractivity contribution is -0.0752. The highest BCUT2D eigenvalue weighted by molar-refractivity contribution is 6.06. The molecular weight excluding hydrogens is 342 g/mol. The van der Waals surface area contributed by atoms with Crippen LogP contribution in [-0.4, -0.2) is 46.2 Å². The highest BCUT2D eigenvalue weighted by atomic mass is 16.5. The van der Waals surface area contributed by atoms with Gasteiger partial charge in [0.2, 0.25) is 0 Å². The summed E-state index contributed by atoms with van der Waals surface area (Å²) >= 11 is 0. The third kappa shape index (κ3) is 3.04. The van der Waals surface area contributed by atoms with Crippen molar-refractivity contribution in [3.05, 3.63) is 23.0 Å². The number of aromatic nitrogens is 2. The molecular formula is C21H27N3O3. The highest BCUT2D eigenvalue weighted by Gasteiger charge is 2.38. The number of amides is 1. The summed E-state index contributed by atoms with van der Waals surface area (Å²) in [6.45, 7) is 3.40. The predicted octanol–water partition coefficient (Wildman–Crippen LogP) is 3.84. The minimum atomic E-state index is 0.102. The second-order valence-corrected chi connectivity index (χ2v) is 8.19. The Morgan fingerprint density at radius 1 is 1.26 bits per heavy atom. The first-order chi connectivity index (χ1) is 13.3. The number of hydrogen-bond acceptors (Lipinski definition) is 5. The number of pyridine rings is 1. The maximum atomic E-state index is 13.7. The Balaban J connectivity index is 1.57. The van der Waals surface area contributed by atoms with Gasteiger partial charge in [0.15, 0.2) is 0 Å². The van der Waals surface area contributed by atoms with Crippen molar-refractivity contribution in [2.24, 2.45) is 0 Å². The molecule has 1 saturated heterocycles. The van der Waals surface area contributed by atoms with Gasteiger partial charge in [-0.3, -0.25) is 4.79 Å². The zero-order valence-corrected chi connectivity index (χ0v) is 15.9. The summed E-state index contributed by atoms with van der Waals surface area (Å²) in [5, 5.41) is 5.07. The van der Waals surface area contributed by atoms with Crippen molar-refractivity contribution < 1.29 is 14.1 Å². The van der Waals surface area contributed by atoms with Gasteiger partial charge in [0.1, 0.15) is 0 Å². The summed E-state index contributed by atoms with van der Waals surface area (Å²) in [4.78, 5) is 20.4. The number of nitrogens with zero attached hydrogens (tertiary/aromatic N) is 3. The molecule has 5 rings (SSSR count). The maximum Gasteiger partial charge on any atom is 0.259 e. The van der Waals surface area contributed by atoms with Gasteiger partial charge in [0, 0.05) is 18.2 Å². The number of aryl methyl sites for hydroxylation is 1. The lowest BCUT2D eigenvalue weighted by Gasteiger charge is -2.43. The number of carbonyl (C=O) groups excluding carboxylic acids is 1. The lowest BCUT2D eigenvalue weighted by atomic mass is 9.89. The predicted molar refractivity (Wildman–Crippen MR) is 101 cm³/mol. The summed E-state index contributed by atoms with van der Waals surface area (Å²) in [7, 11) is 0. The first-order valence-electron chi connectivity index (χ1n) is 10.5. The SMILES string of the molecule is CCCc1noc2nc(C3CC3)cc(C(=O)N3CCO[C@@H]4CCCC[C@H]43)c12. The van der Waals surface area contributed by atoms with Crippen LogP contribution in [-0.2, 0) is 11.2 Å². The first-order valence-corrected chi connectivity index (χ1v) is 10.5. The standard InChI is InChI=1S/C21H27N3O3/c1-2-5-15-19-14(12-16(13-8-9-13)22-20(19)27-23-15)21(25)24-10-11-26-18-7-4-3-6-17(18)24/h12-13,17-18H,2-11H2,1H3/t17-,18-/m1/s1. The molecule has 3 aliphatic rings. The van der Waals surface area contributed by atoms with E-state index in [0.29, 0.717) is 24.8 Å². The molecule has 0 spiro atoms. The Bertz CT molecular complexity index is 856. The minimum absolute atomic E-state index is 0.102. The van der Waals surface area contributed by atoms with E-state index in [9.17, 15) is 4.79 Å². The molecule has 0 aromatic carbocycles. The molecule has 0 radical (unpaired) electrons. The van der Waals surface area contributed by atoms with Gasteiger partial charge in [-0.2, -0.15) is 0 Å². The van der Waals surface area contributed by atoms with Crippen LogP contribution in [0.4, 0.5) is 0 Å². The summed E-state index contributed by atoms with van der Waals surface area (Å²) in [6.07, 6.45) is 8.69. The van der Waals surface area contributed by atoms with Gasteiger partial charge in [-0.15, -0.1) is 0 Å². The van der Waals surface area contributed by atoms with Crippen LogP contribution in [0.15, 0.2) is 10.6 Å². The summed E-state index contributed by atoms with van der Waals surface area (Å²) in [5.74, 6) is 0.567. The van der Waals surface area contributed by atoms with Gasteiger partial charge in [-0.05, 0) is 38.2 Å². The molecule has 144 valence electrons. The lowest BCUT2D eigenvalue weighted by Crippen LogP contribution is -2.54. The van der Waals surface area contributed by atoms with Crippen LogP contribution < -0.4 is 0 Å². The van der Waals surface area contributed by atoms with E-state index in [4.69, 9.17) is 9.26 Å². The fourth-order valence-electron chi connectivity index (χ4n) is 4.70. The second-order valence-electron chi connectivity index (χ2n) is 8.19. The molecule has 0 N–H and O–H groups in total. The van der Waals surface area contributed by atoms with E-state index in [1.54, 1.807) is 0 Å². The fourth-order valence-corrected chi connectivity index (χ4v) is 4.70. The van der Waals surface area contributed by atoms with Crippen LogP contribution >= 0.6 is 0 Å². The van der Waals surface area contributed by atoms with Crippen molar-refractivity contribution in [1.82, 2.24) is 15.0 Å². The topological polar surface area (TPSA) is 68.5 Å². The van der Waals surface area contributed by atoms with Crippen molar-refractivity contribution in [2.75, 3.05) is 13.2 Å². The number of morpholine rings is 1.